The van der Waals surface area contributed by atoms with Gasteiger partial charge in [0.25, 0.3) is 0 Å². The molecule has 0 unspecified atom stereocenters. The second kappa shape index (κ2) is 5.54. The van der Waals surface area contributed by atoms with Crippen molar-refractivity contribution in [3.05, 3.63) is 45.1 Å². The average Bonchev–Trinajstić information content (AvgIpc) is 2.72. The standard InChI is InChI=1S/C11H10ClFN2O2S2/c1-7-14-5-9(18-7)6-15-19(16,17)11-3-2-8(13)4-10(11)12/h2-5,15H,6H2,1H3. The minimum absolute atomic E-state index is 0.127. The molecule has 19 heavy (non-hydrogen) atoms. The molecule has 1 heterocycles. The third kappa shape index (κ3) is 3.50. The summed E-state index contributed by atoms with van der Waals surface area (Å²) in [5.74, 6) is -0.581. The van der Waals surface area contributed by atoms with Crippen molar-refractivity contribution in [1.82, 2.24) is 9.71 Å². The Balaban J connectivity index is 2.18. The van der Waals surface area contributed by atoms with E-state index in [1.54, 1.807) is 6.20 Å². The largest absolute Gasteiger partial charge is 0.250 e. The number of hydrogen-bond donors (Lipinski definition) is 1. The number of halogens is 2. The van der Waals surface area contributed by atoms with Gasteiger partial charge in [-0.25, -0.2) is 22.5 Å². The predicted molar refractivity (Wildman–Crippen MR) is 72.3 cm³/mol. The zero-order valence-corrected chi connectivity index (χ0v) is 12.2. The lowest BCUT2D eigenvalue weighted by Gasteiger charge is -2.07. The molecule has 0 bridgehead atoms. The highest BCUT2D eigenvalue weighted by molar-refractivity contribution is 7.89. The van der Waals surface area contributed by atoms with Crippen LogP contribution in [0.25, 0.3) is 0 Å². The molecule has 0 atom stereocenters. The summed E-state index contributed by atoms with van der Waals surface area (Å²) >= 11 is 7.13. The summed E-state index contributed by atoms with van der Waals surface area (Å²) in [5.41, 5.74) is 0. The van der Waals surface area contributed by atoms with Crippen molar-refractivity contribution in [3.8, 4) is 0 Å². The highest BCUT2D eigenvalue weighted by Crippen LogP contribution is 2.22. The predicted octanol–water partition coefficient (Wildman–Crippen LogP) is 2.72. The number of sulfonamides is 1. The van der Waals surface area contributed by atoms with Crippen LogP contribution in [0.2, 0.25) is 5.02 Å². The minimum Gasteiger partial charge on any atom is -0.250 e. The van der Waals surface area contributed by atoms with E-state index in [0.717, 1.165) is 28.1 Å². The Bertz CT molecular complexity index is 700. The summed E-state index contributed by atoms with van der Waals surface area (Å²) in [5, 5.41) is 0.710. The van der Waals surface area contributed by atoms with E-state index in [0.29, 0.717) is 0 Å². The number of rotatable bonds is 4. The lowest BCUT2D eigenvalue weighted by molar-refractivity contribution is 0.581. The van der Waals surface area contributed by atoms with Crippen LogP contribution in [-0.4, -0.2) is 13.4 Å². The van der Waals surface area contributed by atoms with Gasteiger partial charge in [-0.05, 0) is 25.1 Å². The maximum Gasteiger partial charge on any atom is 0.242 e. The normalized spacial score (nSPS) is 11.7. The van der Waals surface area contributed by atoms with Crippen molar-refractivity contribution >= 4 is 33.0 Å². The number of benzene rings is 1. The summed E-state index contributed by atoms with van der Waals surface area (Å²) in [6.45, 7) is 1.96. The lowest BCUT2D eigenvalue weighted by Crippen LogP contribution is -2.23. The molecule has 1 N–H and O–H groups in total. The minimum atomic E-state index is -3.77. The van der Waals surface area contributed by atoms with Gasteiger partial charge in [0.2, 0.25) is 10.0 Å². The van der Waals surface area contributed by atoms with Crippen molar-refractivity contribution < 1.29 is 12.8 Å². The van der Waals surface area contributed by atoms with Crippen molar-refractivity contribution in [3.63, 3.8) is 0 Å². The number of hydrogen-bond acceptors (Lipinski definition) is 4. The summed E-state index contributed by atoms with van der Waals surface area (Å²) in [7, 11) is -3.77. The first-order chi connectivity index (χ1) is 8.88. The Morgan fingerprint density at radius 3 is 2.79 bits per heavy atom. The van der Waals surface area contributed by atoms with Gasteiger partial charge in [0.05, 0.1) is 10.0 Å². The third-order valence-corrected chi connectivity index (χ3v) is 5.09. The molecule has 0 fully saturated rings. The van der Waals surface area contributed by atoms with Crippen molar-refractivity contribution in [2.75, 3.05) is 0 Å². The first-order valence-electron chi connectivity index (χ1n) is 5.24. The van der Waals surface area contributed by atoms with Crippen LogP contribution in [0.5, 0.6) is 0 Å². The van der Waals surface area contributed by atoms with E-state index < -0.39 is 15.8 Å². The van der Waals surface area contributed by atoms with E-state index >= 15 is 0 Å². The van der Waals surface area contributed by atoms with Crippen LogP contribution in [0, 0.1) is 12.7 Å². The van der Waals surface area contributed by atoms with Crippen molar-refractivity contribution in [2.45, 2.75) is 18.4 Å². The van der Waals surface area contributed by atoms with Crippen LogP contribution >= 0.6 is 22.9 Å². The molecule has 4 nitrogen and oxygen atoms in total. The van der Waals surface area contributed by atoms with Crippen molar-refractivity contribution in [1.29, 1.82) is 0 Å². The van der Waals surface area contributed by atoms with Crippen LogP contribution in [0.15, 0.2) is 29.3 Å². The van der Waals surface area contributed by atoms with E-state index in [4.69, 9.17) is 11.6 Å². The molecule has 0 saturated carbocycles. The maximum atomic E-state index is 12.9. The van der Waals surface area contributed by atoms with Gasteiger partial charge in [0.15, 0.2) is 0 Å². The summed E-state index contributed by atoms with van der Waals surface area (Å²) in [6, 6.07) is 3.15. The zero-order chi connectivity index (χ0) is 14.0. The van der Waals surface area contributed by atoms with Crippen LogP contribution < -0.4 is 4.72 Å². The topological polar surface area (TPSA) is 59.1 Å². The van der Waals surface area contributed by atoms with Gasteiger partial charge >= 0.3 is 0 Å². The molecular formula is C11H10ClFN2O2S2. The Labute approximate surface area is 119 Å². The molecule has 1 aromatic heterocycles. The first-order valence-corrected chi connectivity index (χ1v) is 7.92. The van der Waals surface area contributed by atoms with Crippen LogP contribution in [-0.2, 0) is 16.6 Å². The Hall–Kier alpha value is -1.02. The molecule has 0 aliphatic rings. The Kier molecular flexibility index (Phi) is 4.19. The second-order valence-corrected chi connectivity index (χ2v) is 7.21. The number of aromatic nitrogens is 1. The number of nitrogens with one attached hydrogen (secondary N) is 1. The molecular weight excluding hydrogens is 311 g/mol. The van der Waals surface area contributed by atoms with E-state index in [1.165, 1.54) is 11.3 Å². The number of aryl methyl sites for hydroxylation is 1. The molecule has 0 aliphatic heterocycles. The molecule has 0 spiro atoms. The first kappa shape index (κ1) is 14.4. The fraction of sp³-hybridized carbons (Fsp3) is 0.182. The van der Waals surface area contributed by atoms with Gasteiger partial charge in [0.1, 0.15) is 10.7 Å². The molecule has 0 saturated heterocycles. The molecule has 0 amide bonds. The second-order valence-electron chi connectivity index (χ2n) is 3.74. The van der Waals surface area contributed by atoms with Gasteiger partial charge in [-0.15, -0.1) is 11.3 Å². The number of nitrogens with zero attached hydrogens (tertiary/aromatic N) is 1. The summed E-state index contributed by atoms with van der Waals surface area (Å²) in [6.07, 6.45) is 1.61. The molecule has 2 aromatic rings. The van der Waals surface area contributed by atoms with Crippen LogP contribution in [0.3, 0.4) is 0 Å². The molecule has 8 heteroatoms. The van der Waals surface area contributed by atoms with Crippen LogP contribution in [0.4, 0.5) is 4.39 Å². The van der Waals surface area contributed by atoms with E-state index in [9.17, 15) is 12.8 Å². The van der Waals surface area contributed by atoms with E-state index in [2.05, 4.69) is 9.71 Å². The third-order valence-electron chi connectivity index (χ3n) is 2.29. The molecule has 0 radical (unpaired) electrons. The summed E-state index contributed by atoms with van der Waals surface area (Å²) < 4.78 is 39.3. The Morgan fingerprint density at radius 1 is 1.47 bits per heavy atom. The van der Waals surface area contributed by atoms with E-state index in [1.807, 2.05) is 6.92 Å². The monoisotopic (exact) mass is 320 g/mol. The quantitative estimate of drug-likeness (QED) is 0.942. The fourth-order valence-electron chi connectivity index (χ4n) is 1.42. The maximum absolute atomic E-state index is 12.9. The summed E-state index contributed by atoms with van der Waals surface area (Å²) in [4.78, 5) is 4.68. The van der Waals surface area contributed by atoms with Gasteiger partial charge in [-0.1, -0.05) is 11.6 Å². The van der Waals surface area contributed by atoms with Gasteiger partial charge in [-0.2, -0.15) is 0 Å². The Morgan fingerprint density at radius 2 is 2.21 bits per heavy atom. The smallest absolute Gasteiger partial charge is 0.242 e. The molecule has 1 aromatic carbocycles. The van der Waals surface area contributed by atoms with Gasteiger partial charge in [-0.3, -0.25) is 0 Å². The SMILES string of the molecule is Cc1ncc(CNS(=O)(=O)c2ccc(F)cc2Cl)s1. The molecule has 2 rings (SSSR count). The van der Waals surface area contributed by atoms with E-state index in [-0.39, 0.29) is 16.5 Å². The van der Waals surface area contributed by atoms with Gasteiger partial charge < -0.3 is 0 Å². The fourth-order valence-corrected chi connectivity index (χ4v) is 3.79. The van der Waals surface area contributed by atoms with Crippen molar-refractivity contribution in [2.24, 2.45) is 0 Å². The average molecular weight is 321 g/mol. The zero-order valence-electron chi connectivity index (χ0n) is 9.85. The highest BCUT2D eigenvalue weighted by atomic mass is 35.5. The molecule has 0 aliphatic carbocycles. The molecule has 102 valence electrons. The number of thiazole rings is 1. The van der Waals surface area contributed by atoms with Gasteiger partial charge in [0, 0.05) is 17.6 Å². The highest BCUT2D eigenvalue weighted by Gasteiger charge is 2.18. The lowest BCUT2D eigenvalue weighted by atomic mass is 10.3. The van der Waals surface area contributed by atoms with Crippen LogP contribution in [0.1, 0.15) is 9.88 Å².